The number of aromatic nitrogens is 4. The SMILES string of the molecule is CC(=O)N1CC[C@H](n2c(O[C@H]3C[C@@H](C(=O)O)N(c4nc(C(F)(F)F)nc5c4oc4ccccc45)C3)nc3ccccc32)[C@@H](C)C1. The summed E-state index contributed by atoms with van der Waals surface area (Å²) in [6.07, 6.45) is -5.01. The van der Waals surface area contributed by atoms with Gasteiger partial charge in [0.2, 0.25) is 11.7 Å². The van der Waals surface area contributed by atoms with Crippen LogP contribution in [0.15, 0.2) is 52.9 Å². The summed E-state index contributed by atoms with van der Waals surface area (Å²) >= 11 is 0. The number of carboxylic acids is 1. The van der Waals surface area contributed by atoms with E-state index in [1.165, 1.54) is 4.90 Å². The van der Waals surface area contributed by atoms with Crippen molar-refractivity contribution in [3.05, 3.63) is 54.4 Å². The number of aliphatic carboxylic acids is 1. The second kappa shape index (κ2) is 10.6. The number of hydrogen-bond acceptors (Lipinski definition) is 8. The van der Waals surface area contributed by atoms with E-state index in [-0.39, 0.29) is 53.8 Å². The number of carbonyl (C=O) groups excluding carboxylic acids is 1. The minimum atomic E-state index is -4.88. The number of nitrogens with zero attached hydrogens (tertiary/aromatic N) is 6. The molecule has 0 spiro atoms. The maximum Gasteiger partial charge on any atom is 0.451 e. The van der Waals surface area contributed by atoms with Crippen molar-refractivity contribution in [2.75, 3.05) is 24.5 Å². The van der Waals surface area contributed by atoms with E-state index < -0.39 is 30.1 Å². The first-order chi connectivity index (χ1) is 21.5. The maximum atomic E-state index is 14.0. The molecule has 2 fully saturated rings. The number of fused-ring (bicyclic) bond motifs is 4. The number of anilines is 1. The molecule has 1 N–H and O–H groups in total. The van der Waals surface area contributed by atoms with Gasteiger partial charge in [0.05, 0.1) is 17.6 Å². The Kier molecular flexibility index (Phi) is 6.82. The van der Waals surface area contributed by atoms with Crippen molar-refractivity contribution in [2.45, 2.75) is 51.1 Å². The van der Waals surface area contributed by atoms with Crippen LogP contribution in [0.4, 0.5) is 19.0 Å². The lowest BCUT2D eigenvalue weighted by Gasteiger charge is -2.37. The minimum absolute atomic E-state index is 0.00925. The van der Waals surface area contributed by atoms with Crippen LogP contribution in [0.3, 0.4) is 0 Å². The molecule has 7 rings (SSSR count). The number of carbonyl (C=O) groups is 2. The molecular weight excluding hydrogens is 593 g/mol. The van der Waals surface area contributed by atoms with Crippen molar-refractivity contribution in [1.82, 2.24) is 24.4 Å². The fourth-order valence-corrected chi connectivity index (χ4v) is 6.63. The molecule has 1 amide bonds. The highest BCUT2D eigenvalue weighted by Crippen LogP contribution is 2.40. The van der Waals surface area contributed by atoms with Gasteiger partial charge in [0, 0.05) is 37.9 Å². The third kappa shape index (κ3) is 4.97. The number of carboxylic acid groups (broad SMARTS) is 1. The molecule has 0 saturated carbocycles. The highest BCUT2D eigenvalue weighted by Gasteiger charge is 2.44. The first-order valence-corrected chi connectivity index (χ1v) is 14.6. The molecule has 2 aromatic carbocycles. The number of imidazole rings is 1. The van der Waals surface area contributed by atoms with E-state index >= 15 is 0 Å². The Morgan fingerprint density at radius 1 is 1.04 bits per heavy atom. The molecule has 3 aromatic heterocycles. The van der Waals surface area contributed by atoms with Crippen molar-refractivity contribution < 1.29 is 37.0 Å². The van der Waals surface area contributed by atoms with Gasteiger partial charge in [0.15, 0.2) is 11.4 Å². The molecule has 5 heterocycles. The predicted octanol–water partition coefficient (Wildman–Crippen LogP) is 5.28. The van der Waals surface area contributed by atoms with E-state index in [4.69, 9.17) is 14.1 Å². The molecule has 4 atom stereocenters. The largest absolute Gasteiger partial charge is 0.480 e. The maximum absolute atomic E-state index is 14.0. The zero-order valence-electron chi connectivity index (χ0n) is 24.4. The predicted molar refractivity (Wildman–Crippen MR) is 157 cm³/mol. The third-order valence-electron chi connectivity index (χ3n) is 8.75. The summed E-state index contributed by atoms with van der Waals surface area (Å²) in [5.74, 6) is -2.82. The van der Waals surface area contributed by atoms with Crippen LogP contribution in [0.1, 0.15) is 38.6 Å². The number of halogens is 3. The Morgan fingerprint density at radius 3 is 2.53 bits per heavy atom. The Morgan fingerprint density at radius 2 is 1.80 bits per heavy atom. The number of piperidine rings is 1. The fourth-order valence-electron chi connectivity index (χ4n) is 6.63. The van der Waals surface area contributed by atoms with Gasteiger partial charge in [-0.25, -0.2) is 14.8 Å². The molecule has 2 aliphatic rings. The van der Waals surface area contributed by atoms with Gasteiger partial charge in [-0.3, -0.25) is 9.36 Å². The number of alkyl halides is 3. The van der Waals surface area contributed by atoms with Crippen molar-refractivity contribution in [1.29, 1.82) is 0 Å². The number of benzene rings is 2. The Hall–Kier alpha value is -4.88. The zero-order chi connectivity index (χ0) is 31.6. The monoisotopic (exact) mass is 622 g/mol. The average Bonchev–Trinajstić information content (AvgIpc) is 3.69. The second-order valence-corrected chi connectivity index (χ2v) is 11.7. The number of ether oxygens (including phenoxy) is 1. The summed E-state index contributed by atoms with van der Waals surface area (Å²) in [5, 5.41) is 10.6. The number of rotatable bonds is 5. The molecule has 234 valence electrons. The Labute approximate surface area is 254 Å². The minimum Gasteiger partial charge on any atom is -0.480 e. The van der Waals surface area contributed by atoms with Crippen LogP contribution < -0.4 is 9.64 Å². The topological polar surface area (TPSA) is 127 Å². The van der Waals surface area contributed by atoms with Crippen molar-refractivity contribution >= 4 is 50.8 Å². The molecule has 0 aliphatic carbocycles. The van der Waals surface area contributed by atoms with Crippen molar-refractivity contribution in [3.63, 3.8) is 0 Å². The van der Waals surface area contributed by atoms with Gasteiger partial charge in [-0.05, 0) is 36.6 Å². The number of likely N-dealkylation sites (tertiary alicyclic amines) is 1. The van der Waals surface area contributed by atoms with Crippen LogP contribution in [0, 0.1) is 5.92 Å². The quantitative estimate of drug-likeness (QED) is 0.278. The van der Waals surface area contributed by atoms with Crippen LogP contribution in [0.25, 0.3) is 33.1 Å². The standard InChI is InChI=1S/C31H29F3N6O5/c1-16-14-38(17(2)41)12-11-21(16)40-22-9-5-4-8-20(22)35-30(40)44-18-13-23(28(42)43)39(15-18)27-26-25(36-29(37-27)31(32,33)34)19-7-3-6-10-24(19)45-26/h3-10,16,18,21,23H,11-15H2,1-2H3,(H,42,43)/t16-,18-,21-,23-/m0/s1. The van der Waals surface area contributed by atoms with Crippen LogP contribution in [0.5, 0.6) is 6.01 Å². The van der Waals surface area contributed by atoms with E-state index in [1.54, 1.807) is 31.2 Å². The molecule has 14 heteroatoms. The fraction of sp³-hybridized carbons (Fsp3) is 0.387. The third-order valence-corrected chi connectivity index (χ3v) is 8.75. The van der Waals surface area contributed by atoms with Gasteiger partial charge in [-0.1, -0.05) is 31.2 Å². The van der Waals surface area contributed by atoms with Crippen molar-refractivity contribution in [2.24, 2.45) is 5.92 Å². The molecule has 2 aliphatic heterocycles. The van der Waals surface area contributed by atoms with E-state index in [0.29, 0.717) is 36.0 Å². The van der Waals surface area contributed by atoms with E-state index in [2.05, 4.69) is 16.9 Å². The number of furan rings is 1. The van der Waals surface area contributed by atoms with Crippen LogP contribution >= 0.6 is 0 Å². The van der Waals surface area contributed by atoms with E-state index in [9.17, 15) is 27.9 Å². The molecule has 0 bridgehead atoms. The molecule has 0 radical (unpaired) electrons. The molecule has 5 aromatic rings. The van der Waals surface area contributed by atoms with E-state index in [1.807, 2.05) is 33.7 Å². The van der Waals surface area contributed by atoms with Crippen LogP contribution in [-0.2, 0) is 15.8 Å². The molecule has 45 heavy (non-hydrogen) atoms. The number of para-hydroxylation sites is 3. The second-order valence-electron chi connectivity index (χ2n) is 11.7. The first-order valence-electron chi connectivity index (χ1n) is 14.6. The van der Waals surface area contributed by atoms with Gasteiger partial charge >= 0.3 is 12.1 Å². The Balaban J connectivity index is 1.27. The number of hydrogen-bond donors (Lipinski definition) is 1. The zero-order valence-corrected chi connectivity index (χ0v) is 24.4. The van der Waals surface area contributed by atoms with Crippen LogP contribution in [-0.4, -0.2) is 73.2 Å². The number of amides is 1. The van der Waals surface area contributed by atoms with Gasteiger partial charge in [0.25, 0.3) is 6.01 Å². The summed E-state index contributed by atoms with van der Waals surface area (Å²) in [6, 6.07) is 13.0. The summed E-state index contributed by atoms with van der Waals surface area (Å²) < 4.78 is 56.3. The highest BCUT2D eigenvalue weighted by atomic mass is 19.4. The van der Waals surface area contributed by atoms with Crippen LogP contribution in [0.2, 0.25) is 0 Å². The van der Waals surface area contributed by atoms with Crippen molar-refractivity contribution in [3.8, 4) is 6.01 Å². The summed E-state index contributed by atoms with van der Waals surface area (Å²) in [6.45, 7) is 4.65. The van der Waals surface area contributed by atoms with Gasteiger partial charge < -0.3 is 24.1 Å². The Bertz CT molecular complexity index is 1950. The summed E-state index contributed by atoms with van der Waals surface area (Å²) in [4.78, 5) is 39.9. The first kappa shape index (κ1) is 28.9. The molecule has 0 unspecified atom stereocenters. The van der Waals surface area contributed by atoms with Gasteiger partial charge in [0.1, 0.15) is 23.2 Å². The van der Waals surface area contributed by atoms with E-state index in [0.717, 1.165) is 5.52 Å². The van der Waals surface area contributed by atoms with Gasteiger partial charge in [-0.15, -0.1) is 0 Å². The average molecular weight is 623 g/mol. The van der Waals surface area contributed by atoms with Gasteiger partial charge in [-0.2, -0.15) is 18.2 Å². The molecule has 11 nitrogen and oxygen atoms in total. The lowest BCUT2D eigenvalue weighted by molar-refractivity contribution is -0.144. The summed E-state index contributed by atoms with van der Waals surface area (Å²) in [5.41, 5.74) is 1.74. The molecular formula is C31H29F3N6O5. The molecule has 2 saturated heterocycles. The summed E-state index contributed by atoms with van der Waals surface area (Å²) in [7, 11) is 0. The normalized spacial score (nSPS) is 22.5. The lowest BCUT2D eigenvalue weighted by atomic mass is 9.93. The smallest absolute Gasteiger partial charge is 0.451 e. The lowest BCUT2D eigenvalue weighted by Crippen LogP contribution is -2.42. The highest BCUT2D eigenvalue weighted by molar-refractivity contribution is 6.06.